The van der Waals surface area contributed by atoms with E-state index in [0.717, 1.165) is 21.9 Å². The van der Waals surface area contributed by atoms with Crippen LogP contribution in [0.5, 0.6) is 0 Å². The van der Waals surface area contributed by atoms with E-state index in [9.17, 15) is 13.2 Å². The van der Waals surface area contributed by atoms with Crippen molar-refractivity contribution in [2.24, 2.45) is 4.99 Å². The molecule has 5 nitrogen and oxygen atoms in total. The van der Waals surface area contributed by atoms with Crippen LogP contribution >= 0.6 is 35.3 Å². The lowest BCUT2D eigenvalue weighted by Crippen LogP contribution is -2.48. The molecular weight excluding hydrogens is 516 g/mol. The number of aryl methyl sites for hydroxylation is 1. The van der Waals surface area contributed by atoms with Gasteiger partial charge in [-0.2, -0.15) is 13.2 Å². The van der Waals surface area contributed by atoms with Gasteiger partial charge in [0.05, 0.1) is 30.3 Å². The number of hydrogen-bond donors (Lipinski definition) is 1. The molecule has 0 bridgehead atoms. The number of rotatable bonds is 4. The molecule has 3 rings (SSSR count). The van der Waals surface area contributed by atoms with Gasteiger partial charge in [0, 0.05) is 24.2 Å². The topological polar surface area (TPSA) is 49.8 Å². The molecule has 0 saturated carbocycles. The first-order valence-electron chi connectivity index (χ1n) is 9.10. The first kappa shape index (κ1) is 23.9. The summed E-state index contributed by atoms with van der Waals surface area (Å²) in [7, 11) is 0. The van der Waals surface area contributed by atoms with Crippen molar-refractivity contribution in [1.82, 2.24) is 15.2 Å². The van der Waals surface area contributed by atoms with E-state index >= 15 is 0 Å². The highest BCUT2D eigenvalue weighted by Gasteiger charge is 2.32. The fraction of sp³-hybridized carbons (Fsp3) is 0.474. The second kappa shape index (κ2) is 10.6. The van der Waals surface area contributed by atoms with Crippen LogP contribution in [0.2, 0.25) is 0 Å². The third kappa shape index (κ3) is 6.54. The number of nitrogens with one attached hydrogen (secondary N) is 1. The molecule has 0 spiro atoms. The van der Waals surface area contributed by atoms with Gasteiger partial charge in [-0.1, -0.05) is 12.1 Å². The van der Waals surface area contributed by atoms with E-state index in [1.54, 1.807) is 17.4 Å². The van der Waals surface area contributed by atoms with Crippen molar-refractivity contribution < 1.29 is 17.9 Å². The SMILES string of the molecule is CCNC(=NCc1cnc(C)s1)N1CCOC(c2cccc(C(F)(F)F)c2)C1.I. The Labute approximate surface area is 189 Å². The number of aliphatic imine (C=N–C) groups is 1. The second-order valence-electron chi connectivity index (χ2n) is 6.44. The number of aromatic nitrogens is 1. The van der Waals surface area contributed by atoms with Crippen molar-refractivity contribution in [1.29, 1.82) is 0 Å². The van der Waals surface area contributed by atoms with Crippen LogP contribution < -0.4 is 5.32 Å². The van der Waals surface area contributed by atoms with Crippen molar-refractivity contribution in [3.05, 3.63) is 51.5 Å². The molecule has 1 atom stereocenters. The Bertz CT molecular complexity index is 828. The van der Waals surface area contributed by atoms with Crippen molar-refractivity contribution in [2.45, 2.75) is 32.7 Å². The molecule has 29 heavy (non-hydrogen) atoms. The molecule has 0 amide bonds. The average molecular weight is 540 g/mol. The molecule has 1 aliphatic heterocycles. The van der Waals surface area contributed by atoms with Crippen molar-refractivity contribution in [2.75, 3.05) is 26.2 Å². The molecule has 0 aliphatic carbocycles. The summed E-state index contributed by atoms with van der Waals surface area (Å²) in [4.78, 5) is 12.0. The molecule has 2 heterocycles. The van der Waals surface area contributed by atoms with E-state index in [1.165, 1.54) is 12.1 Å². The molecule has 1 fully saturated rings. The van der Waals surface area contributed by atoms with Gasteiger partial charge < -0.3 is 15.0 Å². The number of ether oxygens (including phenoxy) is 1. The highest BCUT2D eigenvalue weighted by molar-refractivity contribution is 14.0. The molecule has 1 aromatic carbocycles. The lowest BCUT2D eigenvalue weighted by Gasteiger charge is -2.35. The smallest absolute Gasteiger partial charge is 0.370 e. The molecule has 2 aromatic rings. The number of benzene rings is 1. The molecular formula is C19H24F3IN4OS. The van der Waals surface area contributed by atoms with Crippen molar-refractivity contribution >= 4 is 41.3 Å². The maximum absolute atomic E-state index is 13.0. The highest BCUT2D eigenvalue weighted by atomic mass is 127. The summed E-state index contributed by atoms with van der Waals surface area (Å²) in [6.07, 6.45) is -2.99. The Morgan fingerprint density at radius 3 is 2.86 bits per heavy atom. The summed E-state index contributed by atoms with van der Waals surface area (Å²) >= 11 is 1.60. The molecule has 10 heteroatoms. The average Bonchev–Trinajstić information content (AvgIpc) is 3.10. The number of thiazole rings is 1. The number of morpholine rings is 1. The van der Waals surface area contributed by atoms with Gasteiger partial charge in [0.15, 0.2) is 5.96 Å². The Morgan fingerprint density at radius 1 is 1.41 bits per heavy atom. The Morgan fingerprint density at radius 2 is 2.21 bits per heavy atom. The summed E-state index contributed by atoms with van der Waals surface area (Å²) in [5.41, 5.74) is -0.139. The van der Waals surface area contributed by atoms with Crippen LogP contribution in [0.3, 0.4) is 0 Å². The number of nitrogens with zero attached hydrogens (tertiary/aromatic N) is 3. The second-order valence-corrected chi connectivity index (χ2v) is 7.76. The minimum Gasteiger partial charge on any atom is -0.370 e. The lowest BCUT2D eigenvalue weighted by atomic mass is 10.0. The quantitative estimate of drug-likeness (QED) is 0.349. The van der Waals surface area contributed by atoms with Gasteiger partial charge in [-0.15, -0.1) is 35.3 Å². The van der Waals surface area contributed by atoms with Crippen LogP contribution in [-0.2, 0) is 17.5 Å². The summed E-state index contributed by atoms with van der Waals surface area (Å²) in [6, 6.07) is 5.34. The van der Waals surface area contributed by atoms with Crippen LogP contribution in [0.4, 0.5) is 13.2 Å². The van der Waals surface area contributed by atoms with E-state index in [1.807, 2.05) is 24.9 Å². The van der Waals surface area contributed by atoms with Crippen LogP contribution in [0, 0.1) is 6.92 Å². The lowest BCUT2D eigenvalue weighted by molar-refractivity contribution is -0.137. The number of halogens is 4. The summed E-state index contributed by atoms with van der Waals surface area (Å²) < 4.78 is 44.8. The van der Waals surface area contributed by atoms with Gasteiger partial charge in [-0.25, -0.2) is 9.98 Å². The summed E-state index contributed by atoms with van der Waals surface area (Å²) in [5, 5.41) is 4.25. The third-order valence-corrected chi connectivity index (χ3v) is 5.24. The van der Waals surface area contributed by atoms with Crippen molar-refractivity contribution in [3.63, 3.8) is 0 Å². The maximum atomic E-state index is 13.0. The first-order valence-corrected chi connectivity index (χ1v) is 9.91. The summed E-state index contributed by atoms with van der Waals surface area (Å²) in [6.45, 7) is 6.64. The zero-order chi connectivity index (χ0) is 20.1. The standard InChI is InChI=1S/C19H23F3N4OS.HI/c1-3-23-18(25-11-16-10-24-13(2)28-16)26-7-8-27-17(12-26)14-5-4-6-15(9-14)19(20,21)22;/h4-6,9-10,17H,3,7-8,11-12H2,1-2H3,(H,23,25);1H. The van der Waals surface area contributed by atoms with Crippen LogP contribution in [0.15, 0.2) is 35.5 Å². The zero-order valence-electron chi connectivity index (χ0n) is 16.2. The van der Waals surface area contributed by atoms with E-state index < -0.39 is 17.8 Å². The number of hydrogen-bond acceptors (Lipinski definition) is 4. The van der Waals surface area contributed by atoms with E-state index in [0.29, 0.717) is 38.3 Å². The fourth-order valence-corrected chi connectivity index (χ4v) is 3.73. The van der Waals surface area contributed by atoms with Gasteiger partial charge >= 0.3 is 6.18 Å². The van der Waals surface area contributed by atoms with Gasteiger partial charge in [0.2, 0.25) is 0 Å². The minimum atomic E-state index is -4.37. The van der Waals surface area contributed by atoms with Crippen molar-refractivity contribution in [3.8, 4) is 0 Å². The fourth-order valence-electron chi connectivity index (χ4n) is 3.02. The molecule has 1 unspecified atom stereocenters. The predicted octanol–water partition coefficient (Wildman–Crippen LogP) is 4.63. The minimum absolute atomic E-state index is 0. The normalized spacial score (nSPS) is 17.8. The van der Waals surface area contributed by atoms with Gasteiger partial charge in [-0.3, -0.25) is 0 Å². The van der Waals surface area contributed by atoms with Gasteiger partial charge in [0.1, 0.15) is 6.10 Å². The molecule has 1 N–H and O–H groups in total. The Balaban J connectivity index is 0.00000300. The molecule has 1 aliphatic rings. The summed E-state index contributed by atoms with van der Waals surface area (Å²) in [5.74, 6) is 0.730. The molecule has 160 valence electrons. The van der Waals surface area contributed by atoms with Crippen LogP contribution in [0.25, 0.3) is 0 Å². The third-order valence-electron chi connectivity index (χ3n) is 4.34. The molecule has 0 radical (unpaired) electrons. The Kier molecular flexibility index (Phi) is 8.71. The molecule has 1 saturated heterocycles. The van der Waals surface area contributed by atoms with E-state index in [4.69, 9.17) is 4.74 Å². The maximum Gasteiger partial charge on any atom is 0.416 e. The van der Waals surface area contributed by atoms with E-state index in [-0.39, 0.29) is 24.0 Å². The Hall–Kier alpha value is -1.40. The monoisotopic (exact) mass is 540 g/mol. The van der Waals surface area contributed by atoms with E-state index in [2.05, 4.69) is 15.3 Å². The zero-order valence-corrected chi connectivity index (χ0v) is 19.3. The van der Waals surface area contributed by atoms with Crippen LogP contribution in [0.1, 0.15) is 34.0 Å². The largest absolute Gasteiger partial charge is 0.416 e. The predicted molar refractivity (Wildman–Crippen MR) is 119 cm³/mol. The van der Waals surface area contributed by atoms with Gasteiger partial charge in [0.25, 0.3) is 0 Å². The number of guanidine groups is 1. The number of alkyl halides is 3. The first-order chi connectivity index (χ1) is 13.4. The van der Waals surface area contributed by atoms with Crippen LogP contribution in [-0.4, -0.2) is 42.1 Å². The molecule has 1 aromatic heterocycles. The highest BCUT2D eigenvalue weighted by Crippen LogP contribution is 2.32. The van der Waals surface area contributed by atoms with Gasteiger partial charge in [-0.05, 0) is 31.5 Å².